The zero-order valence-electron chi connectivity index (χ0n) is 13.9. The first-order valence-electron chi connectivity index (χ1n) is 8.25. The van der Waals surface area contributed by atoms with Crippen LogP contribution in [0.15, 0.2) is 28.8 Å². The van der Waals surface area contributed by atoms with E-state index in [0.717, 1.165) is 30.4 Å². The van der Waals surface area contributed by atoms with Gasteiger partial charge in [-0.1, -0.05) is 49.2 Å². The zero-order valence-corrected chi connectivity index (χ0v) is 13.9. The van der Waals surface area contributed by atoms with Crippen LogP contribution < -0.4 is 5.32 Å². The number of benzene rings is 1. The van der Waals surface area contributed by atoms with Gasteiger partial charge >= 0.3 is 0 Å². The fourth-order valence-corrected chi connectivity index (χ4v) is 2.72. The maximum absolute atomic E-state index is 12.2. The Morgan fingerprint density at radius 2 is 2.13 bits per heavy atom. The first-order valence-corrected chi connectivity index (χ1v) is 8.25. The lowest BCUT2D eigenvalue weighted by Crippen LogP contribution is -2.38. The van der Waals surface area contributed by atoms with Gasteiger partial charge < -0.3 is 9.84 Å². The van der Waals surface area contributed by atoms with Crippen molar-refractivity contribution in [2.45, 2.75) is 46.1 Å². The average Bonchev–Trinajstić information content (AvgIpc) is 2.92. The molecule has 23 heavy (non-hydrogen) atoms. The molecule has 2 aromatic rings. The minimum atomic E-state index is -0.242. The minimum absolute atomic E-state index is 0.102. The number of carbonyl (C=O) groups excluding carboxylic acids is 1. The Kier molecular flexibility index (Phi) is 4.46. The molecule has 1 fully saturated rings. The first kappa shape index (κ1) is 15.7. The van der Waals surface area contributed by atoms with Crippen molar-refractivity contribution in [1.29, 1.82) is 0 Å². The highest BCUT2D eigenvalue weighted by molar-refractivity contribution is 5.79. The topological polar surface area (TPSA) is 68.0 Å². The summed E-state index contributed by atoms with van der Waals surface area (Å²) in [5.74, 6) is 1.47. The third kappa shape index (κ3) is 3.44. The fourth-order valence-electron chi connectivity index (χ4n) is 2.72. The lowest BCUT2D eigenvalue weighted by molar-refractivity contribution is -0.128. The number of nitrogens with one attached hydrogen (secondary N) is 1. The van der Waals surface area contributed by atoms with Crippen molar-refractivity contribution >= 4 is 5.91 Å². The van der Waals surface area contributed by atoms with E-state index in [-0.39, 0.29) is 23.8 Å². The molecule has 1 saturated carbocycles. The Bertz CT molecular complexity index is 689. The highest BCUT2D eigenvalue weighted by Crippen LogP contribution is 2.29. The maximum Gasteiger partial charge on any atom is 0.249 e. The molecule has 0 aliphatic heterocycles. The Morgan fingerprint density at radius 1 is 1.35 bits per heavy atom. The Hall–Kier alpha value is -2.17. The molecule has 122 valence electrons. The molecule has 0 saturated heterocycles. The van der Waals surface area contributed by atoms with Gasteiger partial charge in [0.25, 0.3) is 0 Å². The molecule has 1 amide bonds. The van der Waals surface area contributed by atoms with E-state index in [9.17, 15) is 4.79 Å². The molecule has 1 aromatic carbocycles. The lowest BCUT2D eigenvalue weighted by Gasteiger charge is -2.27. The van der Waals surface area contributed by atoms with Crippen molar-refractivity contribution in [3.05, 3.63) is 35.7 Å². The van der Waals surface area contributed by atoms with Gasteiger partial charge in [0.05, 0.1) is 0 Å². The van der Waals surface area contributed by atoms with Crippen molar-refractivity contribution in [3.8, 4) is 11.4 Å². The molecule has 0 unspecified atom stereocenters. The van der Waals surface area contributed by atoms with Crippen LogP contribution in [0, 0.1) is 18.8 Å². The van der Waals surface area contributed by atoms with Crippen LogP contribution in [0.5, 0.6) is 0 Å². The summed E-state index contributed by atoms with van der Waals surface area (Å²) < 4.78 is 5.44. The molecular weight excluding hydrogens is 290 g/mol. The van der Waals surface area contributed by atoms with Gasteiger partial charge in [0.15, 0.2) is 0 Å². The molecule has 1 aliphatic rings. The summed E-state index contributed by atoms with van der Waals surface area (Å²) in [4.78, 5) is 16.7. The van der Waals surface area contributed by atoms with E-state index >= 15 is 0 Å². The van der Waals surface area contributed by atoms with Crippen molar-refractivity contribution in [2.75, 3.05) is 0 Å². The number of aryl methyl sites for hydroxylation is 1. The highest BCUT2D eigenvalue weighted by Gasteiger charge is 2.30. The predicted octanol–water partition coefficient (Wildman–Crippen LogP) is 3.66. The van der Waals surface area contributed by atoms with E-state index in [4.69, 9.17) is 4.52 Å². The van der Waals surface area contributed by atoms with Crippen LogP contribution in [0.1, 0.15) is 50.6 Å². The van der Waals surface area contributed by atoms with Gasteiger partial charge in [0.2, 0.25) is 17.6 Å². The number of rotatable bonds is 5. The smallest absolute Gasteiger partial charge is 0.249 e. The molecular formula is C18H23N3O2. The molecule has 1 atom stereocenters. The second-order valence-corrected chi connectivity index (χ2v) is 6.68. The van der Waals surface area contributed by atoms with Crippen LogP contribution in [0.3, 0.4) is 0 Å². The third-order valence-corrected chi connectivity index (χ3v) is 4.42. The number of nitrogens with zero attached hydrogens (tertiary/aromatic N) is 2. The standard InChI is InChI=1S/C18H23N3O2/c1-11(2)15(19-17(22)13-7-5-8-13)18-20-16(21-23-18)14-9-4-6-12(3)10-14/h4,6,9-11,13,15H,5,7-8H2,1-3H3,(H,19,22)/t15-/m0/s1. The van der Waals surface area contributed by atoms with Crippen molar-refractivity contribution in [1.82, 2.24) is 15.5 Å². The first-order chi connectivity index (χ1) is 11.0. The highest BCUT2D eigenvalue weighted by atomic mass is 16.5. The zero-order chi connectivity index (χ0) is 16.4. The van der Waals surface area contributed by atoms with Crippen molar-refractivity contribution < 1.29 is 9.32 Å². The normalized spacial score (nSPS) is 16.2. The predicted molar refractivity (Wildman–Crippen MR) is 87.5 cm³/mol. The molecule has 1 aromatic heterocycles. The van der Waals surface area contributed by atoms with Gasteiger partial charge in [0.1, 0.15) is 6.04 Å². The molecule has 0 spiro atoms. The average molecular weight is 313 g/mol. The minimum Gasteiger partial charge on any atom is -0.344 e. The van der Waals surface area contributed by atoms with E-state index in [1.807, 2.05) is 45.0 Å². The van der Waals surface area contributed by atoms with Crippen LogP contribution in [0.25, 0.3) is 11.4 Å². The SMILES string of the molecule is Cc1cccc(-c2noc([C@@H](NC(=O)C3CCC3)C(C)C)n2)c1. The van der Waals surface area contributed by atoms with Crippen LogP contribution in [0.2, 0.25) is 0 Å². The fraction of sp³-hybridized carbons (Fsp3) is 0.500. The Balaban J connectivity index is 1.79. The molecule has 0 radical (unpaired) electrons. The van der Waals surface area contributed by atoms with Crippen molar-refractivity contribution in [2.24, 2.45) is 11.8 Å². The quantitative estimate of drug-likeness (QED) is 0.914. The molecule has 3 rings (SSSR count). The summed E-state index contributed by atoms with van der Waals surface area (Å²) >= 11 is 0. The summed E-state index contributed by atoms with van der Waals surface area (Å²) in [7, 11) is 0. The number of amides is 1. The molecule has 1 aliphatic carbocycles. The summed E-state index contributed by atoms with van der Waals surface area (Å²) in [6.45, 7) is 6.12. The molecule has 5 nitrogen and oxygen atoms in total. The Morgan fingerprint density at radius 3 is 2.74 bits per heavy atom. The maximum atomic E-state index is 12.2. The van der Waals surface area contributed by atoms with E-state index in [1.165, 1.54) is 0 Å². The van der Waals surface area contributed by atoms with Crippen LogP contribution in [0.4, 0.5) is 0 Å². The molecule has 0 bridgehead atoms. The summed E-state index contributed by atoms with van der Waals surface area (Å²) in [5, 5.41) is 7.16. The lowest BCUT2D eigenvalue weighted by atomic mass is 9.84. The van der Waals surface area contributed by atoms with Gasteiger partial charge in [0, 0.05) is 11.5 Å². The van der Waals surface area contributed by atoms with Crippen molar-refractivity contribution in [3.63, 3.8) is 0 Å². The van der Waals surface area contributed by atoms with Gasteiger partial charge in [-0.15, -0.1) is 0 Å². The summed E-state index contributed by atoms with van der Waals surface area (Å²) in [6.07, 6.45) is 3.10. The number of hydrogen-bond acceptors (Lipinski definition) is 4. The largest absolute Gasteiger partial charge is 0.344 e. The second-order valence-electron chi connectivity index (χ2n) is 6.68. The molecule has 1 N–H and O–H groups in total. The Labute approximate surface area is 136 Å². The van der Waals surface area contributed by atoms with Gasteiger partial charge in [-0.25, -0.2) is 0 Å². The number of aromatic nitrogens is 2. The third-order valence-electron chi connectivity index (χ3n) is 4.42. The van der Waals surface area contributed by atoms with E-state index < -0.39 is 0 Å². The van der Waals surface area contributed by atoms with Gasteiger partial charge in [-0.3, -0.25) is 4.79 Å². The van der Waals surface area contributed by atoms with Crippen LogP contribution >= 0.6 is 0 Å². The van der Waals surface area contributed by atoms with E-state index in [1.54, 1.807) is 0 Å². The van der Waals surface area contributed by atoms with E-state index in [2.05, 4.69) is 15.5 Å². The summed E-state index contributed by atoms with van der Waals surface area (Å²) in [6, 6.07) is 7.73. The van der Waals surface area contributed by atoms with E-state index in [0.29, 0.717) is 11.7 Å². The number of hydrogen-bond donors (Lipinski definition) is 1. The van der Waals surface area contributed by atoms with Gasteiger partial charge in [-0.2, -0.15) is 4.98 Å². The van der Waals surface area contributed by atoms with Crippen LogP contribution in [-0.2, 0) is 4.79 Å². The van der Waals surface area contributed by atoms with Gasteiger partial charge in [-0.05, 0) is 31.7 Å². The molecule has 1 heterocycles. The summed E-state index contributed by atoms with van der Waals surface area (Å²) in [5.41, 5.74) is 2.07. The molecule has 5 heteroatoms. The second kappa shape index (κ2) is 6.52. The monoisotopic (exact) mass is 313 g/mol. The number of carbonyl (C=O) groups is 1. The van der Waals surface area contributed by atoms with Crippen LogP contribution in [-0.4, -0.2) is 16.0 Å².